The van der Waals surface area contributed by atoms with Crippen LogP contribution in [0.25, 0.3) is 0 Å². The third kappa shape index (κ3) is 2.99. The minimum Gasteiger partial charge on any atom is -0.398 e. The van der Waals surface area contributed by atoms with Crippen LogP contribution < -0.4 is 10.6 Å². The van der Waals surface area contributed by atoms with Crippen molar-refractivity contribution in [3.63, 3.8) is 0 Å². The summed E-state index contributed by atoms with van der Waals surface area (Å²) in [5, 5.41) is 1.62. The number of benzene rings is 1. The monoisotopic (exact) mass is 271 g/mol. The summed E-state index contributed by atoms with van der Waals surface area (Å²) >= 11 is 0. The van der Waals surface area contributed by atoms with Gasteiger partial charge in [0.05, 0.1) is 18.9 Å². The van der Waals surface area contributed by atoms with E-state index in [2.05, 4.69) is 4.83 Å². The molecule has 1 fully saturated rings. The van der Waals surface area contributed by atoms with Gasteiger partial charge in [0.15, 0.2) is 0 Å². The first-order chi connectivity index (χ1) is 8.49. The van der Waals surface area contributed by atoms with E-state index in [9.17, 15) is 8.42 Å². The van der Waals surface area contributed by atoms with E-state index < -0.39 is 10.0 Å². The third-order valence-corrected chi connectivity index (χ3v) is 4.16. The van der Waals surface area contributed by atoms with Crippen LogP contribution in [0.2, 0.25) is 0 Å². The minimum atomic E-state index is -3.61. The third-order valence-electron chi connectivity index (χ3n) is 2.72. The zero-order chi connectivity index (χ0) is 13.2. The number of sulfonamides is 1. The Labute approximate surface area is 107 Å². The lowest BCUT2D eigenvalue weighted by atomic mass is 10.2. The smallest absolute Gasteiger partial charge is 0.255 e. The number of aryl methyl sites for hydroxylation is 1. The largest absolute Gasteiger partial charge is 0.398 e. The SMILES string of the molecule is Cc1ccc(S(=O)(=O)NN2CCOCC2)c(N)c1. The summed E-state index contributed by atoms with van der Waals surface area (Å²) in [6.07, 6.45) is 0. The van der Waals surface area contributed by atoms with Crippen molar-refractivity contribution in [1.29, 1.82) is 0 Å². The predicted molar refractivity (Wildman–Crippen MR) is 68.3 cm³/mol. The number of ether oxygens (including phenoxy) is 1. The Morgan fingerprint density at radius 1 is 1.33 bits per heavy atom. The topological polar surface area (TPSA) is 84.7 Å². The second kappa shape index (κ2) is 5.23. The maximum atomic E-state index is 12.2. The Hall–Kier alpha value is -1.15. The van der Waals surface area contributed by atoms with Crippen molar-refractivity contribution in [2.24, 2.45) is 0 Å². The van der Waals surface area contributed by atoms with E-state index in [-0.39, 0.29) is 10.6 Å². The Kier molecular flexibility index (Phi) is 3.86. The number of nitrogens with zero attached hydrogens (tertiary/aromatic N) is 1. The molecule has 0 bridgehead atoms. The highest BCUT2D eigenvalue weighted by Gasteiger charge is 2.22. The summed E-state index contributed by atoms with van der Waals surface area (Å²) < 4.78 is 29.5. The molecule has 2 rings (SSSR count). The maximum absolute atomic E-state index is 12.2. The number of rotatable bonds is 3. The number of nitrogens with one attached hydrogen (secondary N) is 1. The van der Waals surface area contributed by atoms with E-state index in [1.54, 1.807) is 17.1 Å². The summed E-state index contributed by atoms with van der Waals surface area (Å²) in [4.78, 5) is 2.63. The van der Waals surface area contributed by atoms with Gasteiger partial charge in [-0.3, -0.25) is 0 Å². The van der Waals surface area contributed by atoms with Gasteiger partial charge in [-0.25, -0.2) is 13.4 Å². The number of nitrogen functional groups attached to an aromatic ring is 1. The van der Waals surface area contributed by atoms with Crippen LogP contribution in [0.4, 0.5) is 5.69 Å². The predicted octanol–water partition coefficient (Wildman–Crippen LogP) is 0.103. The molecule has 18 heavy (non-hydrogen) atoms. The van der Waals surface area contributed by atoms with Crippen LogP contribution in [0, 0.1) is 6.92 Å². The molecule has 0 aromatic heterocycles. The lowest BCUT2D eigenvalue weighted by Crippen LogP contribution is -2.48. The Bertz CT molecular complexity index is 524. The molecule has 0 saturated carbocycles. The van der Waals surface area contributed by atoms with Crippen LogP contribution in [0.15, 0.2) is 23.1 Å². The van der Waals surface area contributed by atoms with Gasteiger partial charge in [0.2, 0.25) is 0 Å². The molecular formula is C11H17N3O3S. The van der Waals surface area contributed by atoms with Gasteiger partial charge in [0, 0.05) is 13.1 Å². The quantitative estimate of drug-likeness (QED) is 0.762. The van der Waals surface area contributed by atoms with Crippen molar-refractivity contribution in [1.82, 2.24) is 9.84 Å². The van der Waals surface area contributed by atoms with Crippen LogP contribution >= 0.6 is 0 Å². The summed E-state index contributed by atoms with van der Waals surface area (Å²) in [6, 6.07) is 4.89. The van der Waals surface area contributed by atoms with Gasteiger partial charge in [-0.15, -0.1) is 4.83 Å². The first kappa shape index (κ1) is 13.3. The molecule has 1 aliphatic rings. The fraction of sp³-hybridized carbons (Fsp3) is 0.455. The Morgan fingerprint density at radius 2 is 2.00 bits per heavy atom. The van der Waals surface area contributed by atoms with Crippen molar-refractivity contribution in [2.75, 3.05) is 32.0 Å². The van der Waals surface area contributed by atoms with E-state index >= 15 is 0 Å². The first-order valence-corrected chi connectivity index (χ1v) is 7.18. The van der Waals surface area contributed by atoms with Gasteiger partial charge < -0.3 is 10.5 Å². The van der Waals surface area contributed by atoms with E-state index in [1.807, 2.05) is 6.92 Å². The first-order valence-electron chi connectivity index (χ1n) is 5.70. The molecule has 0 spiro atoms. The van der Waals surface area contributed by atoms with Crippen LogP contribution in [-0.2, 0) is 14.8 Å². The number of anilines is 1. The Balaban J connectivity index is 2.19. The van der Waals surface area contributed by atoms with Crippen LogP contribution in [-0.4, -0.2) is 39.7 Å². The summed E-state index contributed by atoms with van der Waals surface area (Å²) in [6.45, 7) is 3.97. The van der Waals surface area contributed by atoms with Crippen molar-refractivity contribution in [3.05, 3.63) is 23.8 Å². The van der Waals surface area contributed by atoms with Gasteiger partial charge >= 0.3 is 0 Å². The molecule has 0 atom stereocenters. The van der Waals surface area contributed by atoms with Crippen LogP contribution in [0.1, 0.15) is 5.56 Å². The van der Waals surface area contributed by atoms with E-state index in [4.69, 9.17) is 10.5 Å². The maximum Gasteiger partial charge on any atom is 0.255 e. The second-order valence-electron chi connectivity index (χ2n) is 4.24. The molecule has 7 heteroatoms. The van der Waals surface area contributed by atoms with Gasteiger partial charge in [-0.1, -0.05) is 6.07 Å². The highest BCUT2D eigenvalue weighted by Crippen LogP contribution is 2.19. The lowest BCUT2D eigenvalue weighted by Gasteiger charge is -2.26. The normalized spacial score (nSPS) is 17.8. The molecule has 0 aliphatic carbocycles. The molecule has 1 aromatic carbocycles. The fourth-order valence-corrected chi connectivity index (χ4v) is 3.02. The average molecular weight is 271 g/mol. The van der Waals surface area contributed by atoms with E-state index in [0.29, 0.717) is 26.3 Å². The molecule has 1 aromatic rings. The fourth-order valence-electron chi connectivity index (χ4n) is 1.79. The van der Waals surface area contributed by atoms with Gasteiger partial charge in [0.1, 0.15) is 4.90 Å². The zero-order valence-electron chi connectivity index (χ0n) is 10.2. The standard InChI is InChI=1S/C11H17N3O3S/c1-9-2-3-11(10(12)8-9)18(15,16)13-14-4-6-17-7-5-14/h2-3,8,13H,4-7,12H2,1H3. The zero-order valence-corrected chi connectivity index (χ0v) is 11.0. The van der Waals surface area contributed by atoms with Crippen LogP contribution in [0.5, 0.6) is 0 Å². The Morgan fingerprint density at radius 3 is 2.61 bits per heavy atom. The average Bonchev–Trinajstić information content (AvgIpc) is 2.29. The molecule has 1 aliphatic heterocycles. The molecule has 0 radical (unpaired) electrons. The number of hydrogen-bond donors (Lipinski definition) is 2. The molecular weight excluding hydrogens is 254 g/mol. The second-order valence-corrected chi connectivity index (χ2v) is 5.86. The van der Waals surface area contributed by atoms with Crippen molar-refractivity contribution in [3.8, 4) is 0 Å². The van der Waals surface area contributed by atoms with Crippen molar-refractivity contribution >= 4 is 15.7 Å². The van der Waals surface area contributed by atoms with E-state index in [0.717, 1.165) is 5.56 Å². The van der Waals surface area contributed by atoms with Crippen LogP contribution in [0.3, 0.4) is 0 Å². The number of nitrogens with two attached hydrogens (primary N) is 1. The highest BCUT2D eigenvalue weighted by molar-refractivity contribution is 7.89. The summed E-state index contributed by atoms with van der Waals surface area (Å²) in [7, 11) is -3.61. The minimum absolute atomic E-state index is 0.111. The van der Waals surface area contributed by atoms with Crippen molar-refractivity contribution in [2.45, 2.75) is 11.8 Å². The van der Waals surface area contributed by atoms with E-state index in [1.165, 1.54) is 6.07 Å². The molecule has 0 unspecified atom stereocenters. The van der Waals surface area contributed by atoms with Gasteiger partial charge in [-0.05, 0) is 24.6 Å². The van der Waals surface area contributed by atoms with Gasteiger partial charge in [0.25, 0.3) is 10.0 Å². The molecule has 6 nitrogen and oxygen atoms in total. The number of morpholine rings is 1. The number of hydrazine groups is 1. The number of hydrogen-bond acceptors (Lipinski definition) is 5. The molecule has 1 saturated heterocycles. The molecule has 3 N–H and O–H groups in total. The molecule has 0 amide bonds. The summed E-state index contributed by atoms with van der Waals surface area (Å²) in [5.41, 5.74) is 6.94. The van der Waals surface area contributed by atoms with Gasteiger partial charge in [-0.2, -0.15) is 0 Å². The molecule has 100 valence electrons. The summed E-state index contributed by atoms with van der Waals surface area (Å²) in [5.74, 6) is 0. The highest BCUT2D eigenvalue weighted by atomic mass is 32.2. The lowest BCUT2D eigenvalue weighted by molar-refractivity contribution is 0.0272. The molecule has 1 heterocycles. The van der Waals surface area contributed by atoms with Crippen molar-refractivity contribution < 1.29 is 13.2 Å².